The van der Waals surface area contributed by atoms with E-state index < -0.39 is 0 Å². The molecule has 0 bridgehead atoms. The van der Waals surface area contributed by atoms with Crippen LogP contribution in [0.1, 0.15) is 32.2 Å². The van der Waals surface area contributed by atoms with Crippen molar-refractivity contribution in [3.05, 3.63) is 29.6 Å². The normalized spacial score (nSPS) is 12.3. The van der Waals surface area contributed by atoms with Gasteiger partial charge in [0.15, 0.2) is 0 Å². The van der Waals surface area contributed by atoms with Gasteiger partial charge in [-0.15, -0.1) is 0 Å². The molecule has 0 fully saturated rings. The Labute approximate surface area is 96.3 Å². The molecule has 0 amide bonds. The van der Waals surface area contributed by atoms with E-state index in [0.29, 0.717) is 0 Å². The maximum absolute atomic E-state index is 6.09. The molecule has 0 aliphatic rings. The maximum atomic E-state index is 6.09. The fraction of sp³-hybridized carbons (Fsp3) is 0.462. The Bertz CT molecular complexity index is 518. The fourth-order valence-corrected chi connectivity index (χ4v) is 2.05. The van der Waals surface area contributed by atoms with Crippen molar-refractivity contribution in [2.24, 2.45) is 5.73 Å². The Hall–Kier alpha value is -1.35. The van der Waals surface area contributed by atoms with Crippen LogP contribution in [-0.4, -0.2) is 9.55 Å². The standard InChI is InChI=1S/C13H19N3/c1-5-16-9(2)15-11-8-10(13(3,4)14)6-7-12(11)16/h6-8H,5,14H2,1-4H3. The Kier molecular flexibility index (Phi) is 2.50. The predicted molar refractivity (Wildman–Crippen MR) is 67.4 cm³/mol. The monoisotopic (exact) mass is 217 g/mol. The van der Waals surface area contributed by atoms with Crippen molar-refractivity contribution in [2.45, 2.75) is 39.8 Å². The number of rotatable bonds is 2. The third-order valence-corrected chi connectivity index (χ3v) is 3.00. The molecule has 2 aromatic rings. The molecule has 2 N–H and O–H groups in total. The molecule has 16 heavy (non-hydrogen) atoms. The Morgan fingerprint density at radius 1 is 1.38 bits per heavy atom. The van der Waals surface area contributed by atoms with Gasteiger partial charge in [0, 0.05) is 12.1 Å². The van der Waals surface area contributed by atoms with Crippen LogP contribution in [0.15, 0.2) is 18.2 Å². The quantitative estimate of drug-likeness (QED) is 0.840. The molecule has 0 aliphatic carbocycles. The zero-order chi connectivity index (χ0) is 11.9. The molecule has 3 heteroatoms. The van der Waals surface area contributed by atoms with Crippen LogP contribution in [0, 0.1) is 6.92 Å². The van der Waals surface area contributed by atoms with E-state index in [9.17, 15) is 0 Å². The van der Waals surface area contributed by atoms with Crippen LogP contribution < -0.4 is 5.73 Å². The highest BCUT2D eigenvalue weighted by molar-refractivity contribution is 5.77. The van der Waals surface area contributed by atoms with Crippen molar-refractivity contribution in [1.29, 1.82) is 0 Å². The summed E-state index contributed by atoms with van der Waals surface area (Å²) in [4.78, 5) is 4.57. The van der Waals surface area contributed by atoms with Crippen molar-refractivity contribution in [3.8, 4) is 0 Å². The van der Waals surface area contributed by atoms with Gasteiger partial charge in [-0.2, -0.15) is 0 Å². The minimum absolute atomic E-state index is 0.307. The maximum Gasteiger partial charge on any atom is 0.106 e. The van der Waals surface area contributed by atoms with Gasteiger partial charge in [-0.1, -0.05) is 6.07 Å². The second-order valence-electron chi connectivity index (χ2n) is 4.83. The molecular formula is C13H19N3. The SMILES string of the molecule is CCn1c(C)nc2cc(C(C)(C)N)ccc21. The van der Waals surface area contributed by atoms with Crippen LogP contribution in [0.25, 0.3) is 11.0 Å². The Morgan fingerprint density at radius 3 is 2.62 bits per heavy atom. The van der Waals surface area contributed by atoms with Gasteiger partial charge in [0.05, 0.1) is 11.0 Å². The van der Waals surface area contributed by atoms with Crippen molar-refractivity contribution in [3.63, 3.8) is 0 Å². The van der Waals surface area contributed by atoms with Crippen LogP contribution in [-0.2, 0) is 12.1 Å². The van der Waals surface area contributed by atoms with Crippen LogP contribution in [0.5, 0.6) is 0 Å². The van der Waals surface area contributed by atoms with E-state index in [0.717, 1.165) is 23.4 Å². The summed E-state index contributed by atoms with van der Waals surface area (Å²) < 4.78 is 2.21. The number of aromatic nitrogens is 2. The number of nitrogens with zero attached hydrogens (tertiary/aromatic N) is 2. The summed E-state index contributed by atoms with van der Waals surface area (Å²) in [5.41, 5.74) is 9.13. The summed E-state index contributed by atoms with van der Waals surface area (Å²) >= 11 is 0. The van der Waals surface area contributed by atoms with Gasteiger partial charge < -0.3 is 10.3 Å². The third-order valence-electron chi connectivity index (χ3n) is 3.00. The van der Waals surface area contributed by atoms with Crippen molar-refractivity contribution in [1.82, 2.24) is 9.55 Å². The number of imidazole rings is 1. The van der Waals surface area contributed by atoms with Crippen LogP contribution in [0.2, 0.25) is 0 Å². The first kappa shape index (κ1) is 11.1. The van der Waals surface area contributed by atoms with E-state index >= 15 is 0 Å². The van der Waals surface area contributed by atoms with Gasteiger partial charge in [-0.05, 0) is 45.4 Å². The minimum atomic E-state index is -0.307. The number of benzene rings is 1. The summed E-state index contributed by atoms with van der Waals surface area (Å²) in [6.07, 6.45) is 0. The molecule has 3 nitrogen and oxygen atoms in total. The summed E-state index contributed by atoms with van der Waals surface area (Å²) in [7, 11) is 0. The Morgan fingerprint density at radius 2 is 2.06 bits per heavy atom. The van der Waals surface area contributed by atoms with Crippen LogP contribution >= 0.6 is 0 Å². The molecule has 0 saturated heterocycles. The van der Waals surface area contributed by atoms with E-state index in [1.807, 2.05) is 20.8 Å². The van der Waals surface area contributed by atoms with E-state index in [2.05, 4.69) is 34.7 Å². The zero-order valence-electron chi connectivity index (χ0n) is 10.4. The number of hydrogen-bond acceptors (Lipinski definition) is 2. The predicted octanol–water partition coefficient (Wildman–Crippen LogP) is 2.56. The average Bonchev–Trinajstić information content (AvgIpc) is 2.50. The highest BCUT2D eigenvalue weighted by atomic mass is 15.1. The lowest BCUT2D eigenvalue weighted by molar-refractivity contribution is 0.555. The van der Waals surface area contributed by atoms with Crippen molar-refractivity contribution in [2.75, 3.05) is 0 Å². The topological polar surface area (TPSA) is 43.8 Å². The van der Waals surface area contributed by atoms with Crippen molar-refractivity contribution >= 4 is 11.0 Å². The van der Waals surface area contributed by atoms with Gasteiger partial charge >= 0.3 is 0 Å². The molecule has 1 aromatic carbocycles. The molecule has 0 radical (unpaired) electrons. The van der Waals surface area contributed by atoms with Crippen molar-refractivity contribution < 1.29 is 0 Å². The van der Waals surface area contributed by atoms with E-state index in [4.69, 9.17) is 5.73 Å². The lowest BCUT2D eigenvalue weighted by Gasteiger charge is -2.18. The molecule has 0 spiro atoms. The molecule has 0 saturated carbocycles. The molecule has 0 aliphatic heterocycles. The second kappa shape index (κ2) is 3.59. The molecule has 0 atom stereocenters. The second-order valence-corrected chi connectivity index (χ2v) is 4.83. The molecule has 86 valence electrons. The molecule has 0 unspecified atom stereocenters. The zero-order valence-corrected chi connectivity index (χ0v) is 10.4. The van der Waals surface area contributed by atoms with Crippen LogP contribution in [0.3, 0.4) is 0 Å². The summed E-state index contributed by atoms with van der Waals surface area (Å²) in [5, 5.41) is 0. The van der Waals surface area contributed by atoms with Crippen LogP contribution in [0.4, 0.5) is 0 Å². The molecule has 2 rings (SSSR count). The number of nitrogens with two attached hydrogens (primary N) is 1. The highest BCUT2D eigenvalue weighted by Crippen LogP contribution is 2.23. The van der Waals surface area contributed by atoms with Gasteiger partial charge in [-0.3, -0.25) is 0 Å². The van der Waals surface area contributed by atoms with Gasteiger partial charge in [0.2, 0.25) is 0 Å². The van der Waals surface area contributed by atoms with Gasteiger partial charge in [0.25, 0.3) is 0 Å². The van der Waals surface area contributed by atoms with Gasteiger partial charge in [-0.25, -0.2) is 4.98 Å². The number of aryl methyl sites for hydroxylation is 2. The number of fused-ring (bicyclic) bond motifs is 1. The summed E-state index contributed by atoms with van der Waals surface area (Å²) in [5.74, 6) is 1.06. The lowest BCUT2D eigenvalue weighted by Crippen LogP contribution is -2.28. The average molecular weight is 217 g/mol. The molecular weight excluding hydrogens is 198 g/mol. The summed E-state index contributed by atoms with van der Waals surface area (Å²) in [6, 6.07) is 6.30. The van der Waals surface area contributed by atoms with E-state index in [-0.39, 0.29) is 5.54 Å². The first-order valence-electron chi connectivity index (χ1n) is 5.69. The smallest absolute Gasteiger partial charge is 0.106 e. The summed E-state index contributed by atoms with van der Waals surface area (Å²) in [6.45, 7) is 9.15. The fourth-order valence-electron chi connectivity index (χ4n) is 2.05. The Balaban J connectivity index is 2.65. The third kappa shape index (κ3) is 1.71. The largest absolute Gasteiger partial charge is 0.329 e. The molecule has 1 aromatic heterocycles. The van der Waals surface area contributed by atoms with Gasteiger partial charge in [0.1, 0.15) is 5.82 Å². The lowest BCUT2D eigenvalue weighted by atomic mass is 9.95. The first-order valence-corrected chi connectivity index (χ1v) is 5.69. The van der Waals surface area contributed by atoms with E-state index in [1.54, 1.807) is 0 Å². The highest BCUT2D eigenvalue weighted by Gasteiger charge is 2.15. The minimum Gasteiger partial charge on any atom is -0.329 e. The van der Waals surface area contributed by atoms with E-state index in [1.165, 1.54) is 5.52 Å². The molecule has 1 heterocycles. The first-order chi connectivity index (χ1) is 7.43. The number of hydrogen-bond donors (Lipinski definition) is 1.